The van der Waals surface area contributed by atoms with Gasteiger partial charge in [-0.25, -0.2) is 4.99 Å². The molecule has 39 heavy (non-hydrogen) atoms. The number of hydrogen-bond acceptors (Lipinski definition) is 7. The van der Waals surface area contributed by atoms with Crippen LogP contribution in [0.15, 0.2) is 31.9 Å². The predicted octanol–water partition coefficient (Wildman–Crippen LogP) is -2.49. The molecule has 3 aliphatic heterocycles. The van der Waals surface area contributed by atoms with Gasteiger partial charge in [0.2, 0.25) is 6.23 Å². The zero-order valence-electron chi connectivity index (χ0n) is 20.1. The topological polar surface area (TPSA) is 191 Å². The fraction of sp³-hybridized carbons (Fsp3) is 0.478. The molecule has 1 unspecified atom stereocenters. The molecule has 12 nitrogen and oxygen atoms in total. The van der Waals surface area contributed by atoms with Gasteiger partial charge >= 0.3 is 11.9 Å². The minimum Gasteiger partial charge on any atom is -0.358 e. The maximum Gasteiger partial charge on any atom is 0.344 e. The van der Waals surface area contributed by atoms with Crippen molar-refractivity contribution in [1.82, 2.24) is 25.5 Å². The molecule has 11 N–H and O–H groups in total. The van der Waals surface area contributed by atoms with Crippen LogP contribution in [0.3, 0.4) is 0 Å². The van der Waals surface area contributed by atoms with E-state index in [1.54, 1.807) is 6.07 Å². The number of aliphatic hydroxyl groups excluding tert-OH is 1. The first kappa shape index (κ1) is 25.9. The van der Waals surface area contributed by atoms with Crippen LogP contribution in [0.25, 0.3) is 0 Å². The molecule has 2 aliphatic carbocycles. The van der Waals surface area contributed by atoms with Crippen LogP contribution < -0.4 is 37.4 Å². The van der Waals surface area contributed by atoms with E-state index >= 15 is 0 Å². The highest BCUT2D eigenvalue weighted by molar-refractivity contribution is 9.13. The van der Waals surface area contributed by atoms with E-state index in [4.69, 9.17) is 23.1 Å². The first-order valence-electron chi connectivity index (χ1n) is 12.4. The molecule has 2 fully saturated rings. The molecule has 0 aromatic carbocycles. The van der Waals surface area contributed by atoms with E-state index in [1.807, 2.05) is 16.8 Å². The van der Waals surface area contributed by atoms with Crippen molar-refractivity contribution >= 4 is 83.0 Å². The maximum atomic E-state index is 14.0. The van der Waals surface area contributed by atoms with Crippen LogP contribution in [0, 0.1) is 23.7 Å². The number of guanidine groups is 2. The van der Waals surface area contributed by atoms with Crippen molar-refractivity contribution in [1.29, 1.82) is 0 Å². The number of carbonyl (C=O) groups excluding carboxylic acids is 2. The molecule has 16 heteroatoms. The van der Waals surface area contributed by atoms with Crippen molar-refractivity contribution < 1.29 is 24.7 Å². The summed E-state index contributed by atoms with van der Waals surface area (Å²) >= 11 is 17.5. The third kappa shape index (κ3) is 3.24. The van der Waals surface area contributed by atoms with Gasteiger partial charge in [-0.2, -0.15) is 0 Å². The zero-order valence-corrected chi connectivity index (χ0v) is 25.6. The van der Waals surface area contributed by atoms with E-state index in [0.29, 0.717) is 28.4 Å². The summed E-state index contributed by atoms with van der Waals surface area (Å²) < 4.78 is 4.06. The van der Waals surface area contributed by atoms with Crippen LogP contribution in [0.1, 0.15) is 33.6 Å². The number of nitrogens with zero attached hydrogens (tertiary/aromatic N) is 1. The van der Waals surface area contributed by atoms with Crippen molar-refractivity contribution in [2.45, 2.75) is 35.3 Å². The van der Waals surface area contributed by atoms with Crippen molar-refractivity contribution in [3.8, 4) is 0 Å². The van der Waals surface area contributed by atoms with Gasteiger partial charge in [0.05, 0.1) is 26.1 Å². The number of hydrogen-bond donors (Lipinski definition) is 9. The number of halogens is 4. The molecule has 0 bridgehead atoms. The number of nitrogens with two attached hydrogens (primary N) is 2. The molecule has 5 heterocycles. The molecule has 7 rings (SSSR count). The minimum absolute atomic E-state index is 0.0158. The van der Waals surface area contributed by atoms with E-state index < -0.39 is 40.7 Å². The van der Waals surface area contributed by atoms with E-state index in [-0.39, 0.29) is 36.0 Å². The number of carbonyl (C=O) groups is 2. The van der Waals surface area contributed by atoms with Gasteiger partial charge in [-0.05, 0) is 78.2 Å². The summed E-state index contributed by atoms with van der Waals surface area (Å²) in [5.41, 5.74) is 11.4. The van der Waals surface area contributed by atoms with Crippen molar-refractivity contribution in [2.75, 3.05) is 6.54 Å². The number of rotatable bonds is 3. The summed E-state index contributed by atoms with van der Waals surface area (Å²) in [6, 6.07) is 3.50. The smallest absolute Gasteiger partial charge is 0.344 e. The first-order chi connectivity index (χ1) is 18.5. The average Bonchev–Trinajstić information content (AvgIpc) is 3.68. The Kier molecular flexibility index (Phi) is 5.62. The molecule has 1 amide bonds. The molecule has 0 radical (unpaired) electrons. The lowest BCUT2D eigenvalue weighted by Gasteiger charge is -2.46. The number of amides is 1. The van der Waals surface area contributed by atoms with Gasteiger partial charge in [0.1, 0.15) is 5.69 Å². The number of aromatic amines is 1. The van der Waals surface area contributed by atoms with E-state index in [0.717, 1.165) is 8.95 Å². The van der Waals surface area contributed by atoms with Gasteiger partial charge in [0.25, 0.3) is 5.91 Å². The van der Waals surface area contributed by atoms with Crippen LogP contribution in [0.4, 0.5) is 0 Å². The third-order valence-electron chi connectivity index (χ3n) is 9.25. The SMILES string of the molecule is NC1=[NH+][C@@H]2n3cc(Br)cc3C(=O)C3C[C@@H]4[C@H](CNC(=O)c5cc(Br)c(Br)[nH]5)[C@H](Cl)[C@]5(NC(N)=[NH+][C@@H]5O)[C@@H]4[C@]32N1. The summed E-state index contributed by atoms with van der Waals surface area (Å²) in [6.45, 7) is 0.227. The number of alkyl halides is 1. The Morgan fingerprint density at radius 1 is 1.21 bits per heavy atom. The fourth-order valence-corrected chi connectivity index (χ4v) is 9.72. The van der Waals surface area contributed by atoms with E-state index in [9.17, 15) is 14.7 Å². The molecule has 2 spiro atoms. The number of nitrogens with one attached hydrogen (secondary N) is 6. The highest BCUT2D eigenvalue weighted by atomic mass is 79.9. The van der Waals surface area contributed by atoms with Gasteiger partial charge < -0.3 is 20.0 Å². The molecular weight excluding hydrogens is 725 g/mol. The van der Waals surface area contributed by atoms with Crippen molar-refractivity contribution in [3.05, 3.63) is 43.3 Å². The van der Waals surface area contributed by atoms with Crippen LogP contribution in [-0.2, 0) is 0 Å². The van der Waals surface area contributed by atoms with Crippen LogP contribution >= 0.6 is 59.4 Å². The molecule has 2 saturated carbocycles. The lowest BCUT2D eigenvalue weighted by molar-refractivity contribution is -0.561. The maximum absolute atomic E-state index is 14.0. The first-order valence-corrected chi connectivity index (χ1v) is 15.2. The number of fused-ring (bicyclic) bond motifs is 4. The second kappa shape index (κ2) is 8.47. The van der Waals surface area contributed by atoms with Gasteiger partial charge in [-0.3, -0.25) is 36.7 Å². The van der Waals surface area contributed by atoms with Gasteiger partial charge in [-0.15, -0.1) is 11.6 Å². The van der Waals surface area contributed by atoms with E-state index in [1.165, 1.54) is 0 Å². The second-order valence-corrected chi connectivity index (χ2v) is 13.9. The lowest BCUT2D eigenvalue weighted by Crippen LogP contribution is -2.84. The number of aromatic nitrogens is 2. The van der Waals surface area contributed by atoms with Gasteiger partial charge in [0.15, 0.2) is 23.0 Å². The number of ketones is 1. The second-order valence-electron chi connectivity index (χ2n) is 10.9. The molecule has 206 valence electrons. The number of aliphatic hydroxyl groups is 1. The van der Waals surface area contributed by atoms with Gasteiger partial charge in [0, 0.05) is 23.1 Å². The quantitative estimate of drug-likeness (QED) is 0.155. The summed E-state index contributed by atoms with van der Waals surface area (Å²) in [4.78, 5) is 36.3. The Morgan fingerprint density at radius 3 is 2.59 bits per heavy atom. The molecular formula is C23H25Br3ClN9O3+2. The summed E-state index contributed by atoms with van der Waals surface area (Å²) in [5.74, 6) is -1.13. The summed E-state index contributed by atoms with van der Waals surface area (Å²) in [6.07, 6.45) is 0.783. The predicted molar refractivity (Wildman–Crippen MR) is 150 cm³/mol. The molecule has 0 saturated heterocycles. The zero-order chi connectivity index (χ0) is 27.6. The third-order valence-corrected chi connectivity index (χ3v) is 12.1. The standard InChI is InChI=1S/C23H23Br3ClN9O3/c24-6-1-12-13(37)9-2-7-8(4-30-17(38)11-3-10(25)16(26)31-11)15(27)23(19(39)33-21(29)35-23)14(7)22(9)18(36(12)5-6)32-20(28)34-22/h1,3,5,7-9,14-15,18-19,31,39H,2,4H2,(H,30,38)(H3,28,32,34)(H3,29,33,35)/p+2/t7-,8+,9?,14+,15+,18-,19-,22-,23-/m1/s1. The fourth-order valence-electron chi connectivity index (χ4n) is 8.04. The van der Waals surface area contributed by atoms with Crippen LogP contribution in [0.2, 0.25) is 0 Å². The molecule has 2 aromatic heterocycles. The largest absolute Gasteiger partial charge is 0.358 e. The van der Waals surface area contributed by atoms with E-state index in [2.05, 4.69) is 78.7 Å². The Bertz CT molecular complexity index is 1490. The minimum atomic E-state index is -1.15. The Morgan fingerprint density at radius 2 is 1.92 bits per heavy atom. The van der Waals surface area contributed by atoms with Gasteiger partial charge in [-0.1, -0.05) is 0 Å². The molecule has 2 aromatic rings. The lowest BCUT2D eigenvalue weighted by atomic mass is 9.66. The average molecular weight is 751 g/mol. The van der Waals surface area contributed by atoms with Crippen molar-refractivity contribution in [3.63, 3.8) is 0 Å². The Labute approximate surface area is 252 Å². The number of H-pyrrole nitrogens is 1. The molecule has 9 atom stereocenters. The summed E-state index contributed by atoms with van der Waals surface area (Å²) in [7, 11) is 0. The van der Waals surface area contributed by atoms with Crippen LogP contribution in [-0.4, -0.2) is 67.5 Å². The van der Waals surface area contributed by atoms with Crippen LogP contribution in [0.5, 0.6) is 0 Å². The highest BCUT2D eigenvalue weighted by Crippen LogP contribution is 2.65. The number of Topliss-reactive ketones (excluding diaryl/α,β-unsaturated/α-hetero) is 1. The molecule has 5 aliphatic rings. The Hall–Kier alpha value is -2.07. The monoisotopic (exact) mass is 747 g/mol. The Balaban J connectivity index is 1.31. The normalized spacial score (nSPS) is 39.4. The van der Waals surface area contributed by atoms with Crippen molar-refractivity contribution in [2.24, 2.45) is 35.1 Å². The highest BCUT2D eigenvalue weighted by Gasteiger charge is 2.82. The summed E-state index contributed by atoms with van der Waals surface area (Å²) in [5, 5.41) is 20.5.